The molecular weight excluding hydrogens is 252 g/mol. The molecule has 0 heterocycles. The minimum absolute atomic E-state index is 0.0455. The van der Waals surface area contributed by atoms with E-state index in [1.54, 1.807) is 26.2 Å². The van der Waals surface area contributed by atoms with Gasteiger partial charge in [0.25, 0.3) is 0 Å². The molecule has 0 unspecified atom stereocenters. The summed E-state index contributed by atoms with van der Waals surface area (Å²) < 4.78 is 10.9. The Morgan fingerprint density at radius 1 is 1.00 bits per heavy atom. The summed E-state index contributed by atoms with van der Waals surface area (Å²) in [5.74, 6) is 1.15. The van der Waals surface area contributed by atoms with E-state index in [1.807, 2.05) is 43.3 Å². The zero-order valence-electron chi connectivity index (χ0n) is 11.9. The lowest BCUT2D eigenvalue weighted by molar-refractivity contribution is 0.0814. The number of hydrogen-bond donors (Lipinski definition) is 0. The number of ether oxygens (including phenoxy) is 2. The normalized spacial score (nSPS) is 11.8. The number of benzene rings is 2. The van der Waals surface area contributed by atoms with Crippen LogP contribution in [-0.4, -0.2) is 19.0 Å². The van der Waals surface area contributed by atoms with Gasteiger partial charge in [-0.25, -0.2) is 0 Å². The number of para-hydroxylation sites is 2. The molecular formula is C17H18O3. The number of Topliss-reactive ketones (excluding diaryl/α,β-unsaturated/α-hetero) is 1. The van der Waals surface area contributed by atoms with Gasteiger partial charge in [0.1, 0.15) is 0 Å². The molecule has 0 spiro atoms. The highest BCUT2D eigenvalue weighted by Gasteiger charge is 2.18. The summed E-state index contributed by atoms with van der Waals surface area (Å²) in [5.41, 5.74) is 1.78. The second kappa shape index (κ2) is 6.24. The Bertz CT molecular complexity index is 587. The van der Waals surface area contributed by atoms with Crippen LogP contribution in [0.1, 0.15) is 22.8 Å². The van der Waals surface area contributed by atoms with Crippen LogP contribution < -0.4 is 9.47 Å². The maximum atomic E-state index is 12.3. The highest BCUT2D eigenvalue weighted by molar-refractivity contribution is 5.99. The summed E-state index contributed by atoms with van der Waals surface area (Å²) >= 11 is 0. The topological polar surface area (TPSA) is 35.5 Å². The van der Waals surface area contributed by atoms with Crippen molar-refractivity contribution in [3.63, 3.8) is 0 Å². The maximum Gasteiger partial charge on any atom is 0.202 e. The molecule has 0 aliphatic carbocycles. The molecule has 0 bridgehead atoms. The van der Waals surface area contributed by atoms with Crippen LogP contribution in [0.3, 0.4) is 0 Å². The summed E-state index contributed by atoms with van der Waals surface area (Å²) in [4.78, 5) is 12.3. The molecule has 0 aliphatic heterocycles. The first-order valence-electron chi connectivity index (χ1n) is 6.52. The van der Waals surface area contributed by atoms with Crippen molar-refractivity contribution < 1.29 is 14.3 Å². The number of carbonyl (C=O) groups is 1. The van der Waals surface area contributed by atoms with Crippen molar-refractivity contribution in [1.29, 1.82) is 0 Å². The van der Waals surface area contributed by atoms with Gasteiger partial charge in [-0.15, -0.1) is 0 Å². The monoisotopic (exact) mass is 270 g/mol. The fraction of sp³-hybridized carbons (Fsp3) is 0.235. The summed E-state index contributed by atoms with van der Waals surface area (Å²) in [5, 5.41) is 0. The van der Waals surface area contributed by atoms with E-state index in [4.69, 9.17) is 9.47 Å². The molecule has 0 saturated heterocycles. The Balaban J connectivity index is 2.13. The number of methoxy groups -OCH3 is 1. The average molecular weight is 270 g/mol. The van der Waals surface area contributed by atoms with Crippen LogP contribution in [0.25, 0.3) is 0 Å². The second-order valence-electron chi connectivity index (χ2n) is 4.64. The molecule has 2 aromatic rings. The van der Waals surface area contributed by atoms with Crippen LogP contribution >= 0.6 is 0 Å². The number of rotatable bonds is 5. The Hall–Kier alpha value is -2.29. The lowest BCUT2D eigenvalue weighted by Crippen LogP contribution is -2.24. The van der Waals surface area contributed by atoms with Gasteiger partial charge in [-0.05, 0) is 26.0 Å². The first-order chi connectivity index (χ1) is 9.61. The smallest absolute Gasteiger partial charge is 0.202 e. The van der Waals surface area contributed by atoms with Crippen LogP contribution in [0.15, 0.2) is 48.5 Å². The van der Waals surface area contributed by atoms with Gasteiger partial charge >= 0.3 is 0 Å². The quantitative estimate of drug-likeness (QED) is 0.778. The number of carbonyl (C=O) groups excluding carboxylic acids is 1. The van der Waals surface area contributed by atoms with Crippen LogP contribution in [-0.2, 0) is 0 Å². The van der Waals surface area contributed by atoms with Crippen LogP contribution in [0.4, 0.5) is 0 Å². The third-order valence-corrected chi connectivity index (χ3v) is 3.08. The molecule has 2 aromatic carbocycles. The molecule has 104 valence electrons. The Morgan fingerprint density at radius 3 is 2.20 bits per heavy atom. The summed E-state index contributed by atoms with van der Waals surface area (Å²) in [6, 6.07) is 14.8. The molecule has 3 heteroatoms. The van der Waals surface area contributed by atoms with Gasteiger partial charge in [0.05, 0.1) is 7.11 Å². The fourth-order valence-corrected chi connectivity index (χ4v) is 1.91. The van der Waals surface area contributed by atoms with Gasteiger partial charge < -0.3 is 9.47 Å². The molecule has 0 aromatic heterocycles. The number of aryl methyl sites for hydroxylation is 1. The van der Waals surface area contributed by atoms with Crippen molar-refractivity contribution in [2.75, 3.05) is 7.11 Å². The fourth-order valence-electron chi connectivity index (χ4n) is 1.91. The van der Waals surface area contributed by atoms with Gasteiger partial charge in [-0.1, -0.05) is 42.0 Å². The van der Waals surface area contributed by atoms with E-state index in [2.05, 4.69) is 0 Å². The van der Waals surface area contributed by atoms with Gasteiger partial charge in [-0.3, -0.25) is 4.79 Å². The standard InChI is InChI=1S/C17H18O3/c1-12-8-10-14(11-9-12)17(18)13(2)20-16-7-5-4-6-15(16)19-3/h4-11,13H,1-3H3/t13-/m1/s1. The van der Waals surface area contributed by atoms with E-state index >= 15 is 0 Å². The number of hydrogen-bond acceptors (Lipinski definition) is 3. The van der Waals surface area contributed by atoms with Crippen LogP contribution in [0, 0.1) is 6.92 Å². The van der Waals surface area contributed by atoms with E-state index < -0.39 is 6.10 Å². The molecule has 2 rings (SSSR count). The minimum atomic E-state index is -0.561. The van der Waals surface area contributed by atoms with Gasteiger partial charge in [-0.2, -0.15) is 0 Å². The second-order valence-corrected chi connectivity index (χ2v) is 4.64. The lowest BCUT2D eigenvalue weighted by atomic mass is 10.1. The van der Waals surface area contributed by atoms with Crippen molar-refractivity contribution in [2.45, 2.75) is 20.0 Å². The van der Waals surface area contributed by atoms with Gasteiger partial charge in [0, 0.05) is 5.56 Å². The highest BCUT2D eigenvalue weighted by Crippen LogP contribution is 2.27. The predicted molar refractivity (Wildman–Crippen MR) is 78.6 cm³/mol. The van der Waals surface area contributed by atoms with Crippen molar-refractivity contribution >= 4 is 5.78 Å². The third-order valence-electron chi connectivity index (χ3n) is 3.08. The SMILES string of the molecule is COc1ccccc1O[C@H](C)C(=O)c1ccc(C)cc1. The average Bonchev–Trinajstić information content (AvgIpc) is 2.48. The zero-order valence-corrected chi connectivity index (χ0v) is 11.9. The molecule has 0 N–H and O–H groups in total. The molecule has 0 aliphatic rings. The van der Waals surface area contributed by atoms with Crippen molar-refractivity contribution in [2.24, 2.45) is 0 Å². The van der Waals surface area contributed by atoms with E-state index in [0.29, 0.717) is 17.1 Å². The van der Waals surface area contributed by atoms with Crippen molar-refractivity contribution in [3.8, 4) is 11.5 Å². The van der Waals surface area contributed by atoms with E-state index in [-0.39, 0.29) is 5.78 Å². The molecule has 1 atom stereocenters. The van der Waals surface area contributed by atoms with E-state index in [0.717, 1.165) is 5.56 Å². The van der Waals surface area contributed by atoms with Crippen LogP contribution in [0.5, 0.6) is 11.5 Å². The van der Waals surface area contributed by atoms with E-state index in [9.17, 15) is 4.79 Å². The molecule has 0 saturated carbocycles. The third kappa shape index (κ3) is 3.18. The molecule has 0 fully saturated rings. The Kier molecular flexibility index (Phi) is 4.41. The molecule has 0 amide bonds. The summed E-state index contributed by atoms with van der Waals surface area (Å²) in [6.45, 7) is 3.73. The van der Waals surface area contributed by atoms with Crippen molar-refractivity contribution in [1.82, 2.24) is 0 Å². The molecule has 20 heavy (non-hydrogen) atoms. The molecule has 0 radical (unpaired) electrons. The molecule has 3 nitrogen and oxygen atoms in total. The maximum absolute atomic E-state index is 12.3. The van der Waals surface area contributed by atoms with Gasteiger partial charge in [0.2, 0.25) is 5.78 Å². The summed E-state index contributed by atoms with van der Waals surface area (Å²) in [7, 11) is 1.58. The first-order valence-corrected chi connectivity index (χ1v) is 6.52. The zero-order chi connectivity index (χ0) is 14.5. The Morgan fingerprint density at radius 2 is 1.60 bits per heavy atom. The predicted octanol–water partition coefficient (Wildman–Crippen LogP) is 3.65. The first kappa shape index (κ1) is 14.1. The van der Waals surface area contributed by atoms with Crippen LogP contribution in [0.2, 0.25) is 0 Å². The lowest BCUT2D eigenvalue weighted by Gasteiger charge is -2.16. The van der Waals surface area contributed by atoms with Crippen molar-refractivity contribution in [3.05, 3.63) is 59.7 Å². The van der Waals surface area contributed by atoms with Gasteiger partial charge in [0.15, 0.2) is 17.6 Å². The number of ketones is 1. The minimum Gasteiger partial charge on any atom is -0.493 e. The largest absolute Gasteiger partial charge is 0.493 e. The highest BCUT2D eigenvalue weighted by atomic mass is 16.5. The summed E-state index contributed by atoms with van der Waals surface area (Å²) in [6.07, 6.45) is -0.561. The van der Waals surface area contributed by atoms with E-state index in [1.165, 1.54) is 0 Å². The Labute approximate surface area is 119 Å².